The van der Waals surface area contributed by atoms with Crippen molar-refractivity contribution in [1.29, 1.82) is 0 Å². The standard InChI is InChI=1S/C26H22ClN3O4S/c1-33-23-13-21-18(12-19(23)26(28)32)22(4-7-29-21)34-17-3-2-16(20(27)11-17)10-25(31)30-8-5-15-6-9-35-24(15)14-30/h2-4,6-7,9,11-13H,5,8,10,14H2,1H3,(H2,28,32). The Kier molecular flexibility index (Phi) is 6.32. The number of hydrogen-bond donors (Lipinski definition) is 1. The molecule has 0 saturated heterocycles. The van der Waals surface area contributed by atoms with E-state index in [1.807, 2.05) is 4.90 Å². The van der Waals surface area contributed by atoms with Gasteiger partial charge in [0.05, 0.1) is 31.2 Å². The minimum Gasteiger partial charge on any atom is -0.496 e. The minimum atomic E-state index is -0.611. The molecule has 178 valence electrons. The summed E-state index contributed by atoms with van der Waals surface area (Å²) in [6.07, 6.45) is 2.71. The Balaban J connectivity index is 1.35. The monoisotopic (exact) mass is 507 g/mol. The average Bonchev–Trinajstić information content (AvgIpc) is 3.33. The molecule has 0 unspecified atom stereocenters. The lowest BCUT2D eigenvalue weighted by Gasteiger charge is -2.27. The maximum absolute atomic E-state index is 12.9. The van der Waals surface area contributed by atoms with E-state index in [0.717, 1.165) is 12.0 Å². The fourth-order valence-electron chi connectivity index (χ4n) is 4.18. The third kappa shape index (κ3) is 4.67. The van der Waals surface area contributed by atoms with Crippen molar-refractivity contribution in [2.75, 3.05) is 13.7 Å². The fraction of sp³-hybridized carbons (Fsp3) is 0.192. The second-order valence-corrected chi connectivity index (χ2v) is 9.62. The lowest BCUT2D eigenvalue weighted by atomic mass is 10.1. The van der Waals surface area contributed by atoms with Gasteiger partial charge in [-0.1, -0.05) is 17.7 Å². The van der Waals surface area contributed by atoms with Crippen LogP contribution < -0.4 is 15.2 Å². The van der Waals surface area contributed by atoms with E-state index in [1.165, 1.54) is 17.6 Å². The molecular weight excluding hydrogens is 486 g/mol. The predicted molar refractivity (Wildman–Crippen MR) is 135 cm³/mol. The number of ether oxygens (including phenoxy) is 2. The first-order chi connectivity index (χ1) is 16.9. The minimum absolute atomic E-state index is 0.0488. The van der Waals surface area contributed by atoms with Gasteiger partial charge >= 0.3 is 0 Å². The summed E-state index contributed by atoms with van der Waals surface area (Å²) in [5.74, 6) is 0.763. The van der Waals surface area contributed by atoms with Gasteiger partial charge in [0.2, 0.25) is 5.91 Å². The molecule has 0 radical (unpaired) electrons. The zero-order chi connectivity index (χ0) is 24.5. The van der Waals surface area contributed by atoms with Crippen LogP contribution in [0.2, 0.25) is 5.02 Å². The number of nitrogens with two attached hydrogens (primary N) is 1. The zero-order valence-electron chi connectivity index (χ0n) is 18.9. The van der Waals surface area contributed by atoms with Crippen molar-refractivity contribution in [1.82, 2.24) is 9.88 Å². The number of carbonyl (C=O) groups excluding carboxylic acids is 2. The number of pyridine rings is 1. The molecule has 7 nitrogen and oxygen atoms in total. The molecule has 9 heteroatoms. The summed E-state index contributed by atoms with van der Waals surface area (Å²) in [6, 6.07) is 12.3. The maximum atomic E-state index is 12.9. The molecule has 0 aliphatic carbocycles. The van der Waals surface area contributed by atoms with Crippen LogP contribution in [0.15, 0.2) is 54.0 Å². The molecule has 2 aromatic carbocycles. The highest BCUT2D eigenvalue weighted by Crippen LogP contribution is 2.34. The number of amides is 2. The Hall–Kier alpha value is -3.62. The molecule has 0 saturated carbocycles. The number of primary amides is 1. The van der Waals surface area contributed by atoms with Crippen molar-refractivity contribution >= 4 is 45.7 Å². The van der Waals surface area contributed by atoms with Crippen LogP contribution in [0.4, 0.5) is 0 Å². The van der Waals surface area contributed by atoms with Crippen LogP contribution in [-0.4, -0.2) is 35.4 Å². The summed E-state index contributed by atoms with van der Waals surface area (Å²) < 4.78 is 11.3. The fourth-order valence-corrected chi connectivity index (χ4v) is 5.37. The van der Waals surface area contributed by atoms with Crippen molar-refractivity contribution in [2.45, 2.75) is 19.4 Å². The van der Waals surface area contributed by atoms with E-state index in [0.29, 0.717) is 46.3 Å². The van der Waals surface area contributed by atoms with Gasteiger partial charge in [-0.05, 0) is 53.3 Å². The van der Waals surface area contributed by atoms with E-state index in [1.54, 1.807) is 53.9 Å². The number of halogens is 1. The van der Waals surface area contributed by atoms with E-state index in [9.17, 15) is 9.59 Å². The van der Waals surface area contributed by atoms with Gasteiger partial charge in [-0.25, -0.2) is 0 Å². The molecule has 0 fully saturated rings. The Morgan fingerprint density at radius 1 is 1.17 bits per heavy atom. The summed E-state index contributed by atoms with van der Waals surface area (Å²) in [5, 5.41) is 3.13. The van der Waals surface area contributed by atoms with Crippen LogP contribution in [0.25, 0.3) is 10.9 Å². The van der Waals surface area contributed by atoms with Gasteiger partial charge in [0, 0.05) is 34.1 Å². The lowest BCUT2D eigenvalue weighted by molar-refractivity contribution is -0.131. The lowest BCUT2D eigenvalue weighted by Crippen LogP contribution is -2.36. The van der Waals surface area contributed by atoms with Gasteiger partial charge in [0.1, 0.15) is 17.2 Å². The van der Waals surface area contributed by atoms with Gasteiger partial charge in [0.15, 0.2) is 0 Å². The van der Waals surface area contributed by atoms with Gasteiger partial charge in [-0.3, -0.25) is 14.6 Å². The second kappa shape index (κ2) is 9.56. The van der Waals surface area contributed by atoms with Crippen LogP contribution in [-0.2, 0) is 24.2 Å². The smallest absolute Gasteiger partial charge is 0.252 e. The molecule has 0 atom stereocenters. The van der Waals surface area contributed by atoms with Gasteiger partial charge < -0.3 is 20.1 Å². The Morgan fingerprint density at radius 3 is 2.80 bits per heavy atom. The topological polar surface area (TPSA) is 94.8 Å². The number of fused-ring (bicyclic) bond motifs is 2. The van der Waals surface area contributed by atoms with Crippen LogP contribution in [0, 0.1) is 0 Å². The van der Waals surface area contributed by atoms with Gasteiger partial charge in [-0.15, -0.1) is 11.3 Å². The molecule has 0 bridgehead atoms. The third-order valence-corrected chi connectivity index (χ3v) is 7.36. The molecule has 4 aromatic rings. The Bertz CT molecular complexity index is 1450. The number of carbonyl (C=O) groups is 2. The summed E-state index contributed by atoms with van der Waals surface area (Å²) in [6.45, 7) is 1.37. The van der Waals surface area contributed by atoms with Crippen LogP contribution >= 0.6 is 22.9 Å². The second-order valence-electron chi connectivity index (χ2n) is 8.21. The number of rotatable bonds is 6. The largest absolute Gasteiger partial charge is 0.496 e. The maximum Gasteiger partial charge on any atom is 0.252 e. The number of thiophene rings is 1. The molecule has 2 aromatic heterocycles. The zero-order valence-corrected chi connectivity index (χ0v) is 20.5. The molecular formula is C26H22ClN3O4S. The van der Waals surface area contributed by atoms with E-state index >= 15 is 0 Å². The number of hydrogen-bond acceptors (Lipinski definition) is 6. The van der Waals surface area contributed by atoms with Crippen molar-refractivity contribution in [3.63, 3.8) is 0 Å². The van der Waals surface area contributed by atoms with Gasteiger partial charge in [-0.2, -0.15) is 0 Å². The first-order valence-corrected chi connectivity index (χ1v) is 12.2. The highest BCUT2D eigenvalue weighted by atomic mass is 35.5. The summed E-state index contributed by atoms with van der Waals surface area (Å²) >= 11 is 8.22. The highest BCUT2D eigenvalue weighted by Gasteiger charge is 2.22. The molecule has 3 heterocycles. The van der Waals surface area contributed by atoms with Crippen molar-refractivity contribution < 1.29 is 19.1 Å². The van der Waals surface area contributed by atoms with E-state index in [-0.39, 0.29) is 17.9 Å². The van der Waals surface area contributed by atoms with E-state index in [4.69, 9.17) is 26.8 Å². The van der Waals surface area contributed by atoms with Crippen LogP contribution in [0.1, 0.15) is 26.4 Å². The third-order valence-electron chi connectivity index (χ3n) is 6.06. The number of methoxy groups -OCH3 is 1. The van der Waals surface area contributed by atoms with Crippen LogP contribution in [0.5, 0.6) is 17.2 Å². The predicted octanol–water partition coefficient (Wildman–Crippen LogP) is 4.98. The highest BCUT2D eigenvalue weighted by molar-refractivity contribution is 7.10. The van der Waals surface area contributed by atoms with Crippen molar-refractivity contribution in [2.24, 2.45) is 5.73 Å². The Morgan fingerprint density at radius 2 is 2.03 bits per heavy atom. The molecule has 2 amide bonds. The summed E-state index contributed by atoms with van der Waals surface area (Å²) in [5.41, 5.74) is 8.40. The molecule has 1 aliphatic rings. The molecule has 2 N–H and O–H groups in total. The molecule has 35 heavy (non-hydrogen) atoms. The molecule has 5 rings (SSSR count). The summed E-state index contributed by atoms with van der Waals surface area (Å²) in [4.78, 5) is 32.2. The quantitative estimate of drug-likeness (QED) is 0.397. The first-order valence-electron chi connectivity index (χ1n) is 11.0. The average molecular weight is 508 g/mol. The first kappa shape index (κ1) is 23.1. The van der Waals surface area contributed by atoms with Crippen molar-refractivity contribution in [3.05, 3.63) is 80.6 Å². The Labute approximate surface area is 211 Å². The molecule has 0 spiro atoms. The van der Waals surface area contributed by atoms with Crippen molar-refractivity contribution in [3.8, 4) is 17.2 Å². The van der Waals surface area contributed by atoms with E-state index < -0.39 is 5.91 Å². The summed E-state index contributed by atoms with van der Waals surface area (Å²) in [7, 11) is 1.47. The number of nitrogens with zero attached hydrogens (tertiary/aromatic N) is 2. The normalized spacial score (nSPS) is 12.9. The molecule has 1 aliphatic heterocycles. The number of aromatic nitrogens is 1. The van der Waals surface area contributed by atoms with Crippen LogP contribution in [0.3, 0.4) is 0 Å². The SMILES string of the molecule is COc1cc2nccc(Oc3ccc(CC(=O)N4CCc5ccsc5C4)c(Cl)c3)c2cc1C(N)=O. The van der Waals surface area contributed by atoms with E-state index in [2.05, 4.69) is 16.4 Å². The van der Waals surface area contributed by atoms with Gasteiger partial charge in [0.25, 0.3) is 5.91 Å². The number of benzene rings is 2.